The van der Waals surface area contributed by atoms with Crippen molar-refractivity contribution >= 4 is 58.2 Å². The van der Waals surface area contributed by atoms with Gasteiger partial charge in [0.1, 0.15) is 36.3 Å². The molecule has 18 heteroatoms. The number of benzene rings is 1. The van der Waals surface area contributed by atoms with Crippen molar-refractivity contribution in [2.24, 2.45) is 11.7 Å². The minimum atomic E-state index is -1.53. The molecule has 10 N–H and O–H groups in total. The SMILES string of the molecule is CC(C)C[C@@H]1NC(=O)[C@H](Cc2c[nH]c3ccccc23)NC(=O)[C@H](C)NC(=O)[C@H](CC(N)=O)NC(=O)[C@@H]2CCCN2C(=O)[C@@H]([C@@H](C)O)NC(=O)CNC1=O. The first-order chi connectivity index (χ1) is 25.0. The number of aliphatic hydroxyl groups is 1. The molecule has 2 saturated heterocycles. The van der Waals surface area contributed by atoms with Gasteiger partial charge in [0.15, 0.2) is 0 Å². The number of aliphatic hydroxyl groups excluding tert-OH is 1. The Balaban J connectivity index is 1.69. The van der Waals surface area contributed by atoms with Crippen molar-refractivity contribution in [1.29, 1.82) is 0 Å². The molecule has 3 heterocycles. The van der Waals surface area contributed by atoms with E-state index in [-0.39, 0.29) is 31.7 Å². The number of primary amides is 1. The zero-order valence-corrected chi connectivity index (χ0v) is 30.2. The van der Waals surface area contributed by atoms with Gasteiger partial charge in [0.05, 0.1) is 19.1 Å². The average Bonchev–Trinajstić information content (AvgIpc) is 3.75. The van der Waals surface area contributed by atoms with Crippen LogP contribution < -0.4 is 37.6 Å². The highest BCUT2D eigenvalue weighted by atomic mass is 16.3. The Morgan fingerprint density at radius 2 is 1.53 bits per heavy atom. The molecule has 2 aromatic rings. The van der Waals surface area contributed by atoms with Crippen molar-refractivity contribution < 1.29 is 43.5 Å². The Kier molecular flexibility index (Phi) is 13.5. The Morgan fingerprint density at radius 1 is 0.868 bits per heavy atom. The molecule has 53 heavy (non-hydrogen) atoms. The second kappa shape index (κ2) is 17.8. The van der Waals surface area contributed by atoms with Crippen LogP contribution in [0.1, 0.15) is 58.9 Å². The van der Waals surface area contributed by atoms with Gasteiger partial charge in [-0.3, -0.25) is 38.4 Å². The van der Waals surface area contributed by atoms with Crippen LogP contribution in [0.15, 0.2) is 30.5 Å². The molecule has 2 fully saturated rings. The van der Waals surface area contributed by atoms with Gasteiger partial charge in [0.25, 0.3) is 0 Å². The number of carbonyl (C=O) groups is 8. The quantitative estimate of drug-likeness (QED) is 0.146. The van der Waals surface area contributed by atoms with E-state index in [1.807, 2.05) is 38.1 Å². The number of para-hydroxylation sites is 1. The third kappa shape index (κ3) is 10.5. The van der Waals surface area contributed by atoms with Crippen molar-refractivity contribution in [3.05, 3.63) is 36.0 Å². The summed E-state index contributed by atoms with van der Waals surface area (Å²) in [5.74, 6) is -6.57. The fraction of sp³-hybridized carbons (Fsp3) is 0.543. The third-order valence-corrected chi connectivity index (χ3v) is 9.19. The molecule has 8 amide bonds. The topological polar surface area (TPSA) is 274 Å². The minimum Gasteiger partial charge on any atom is -0.391 e. The zero-order valence-electron chi connectivity index (χ0n) is 30.2. The minimum absolute atomic E-state index is 0.0202. The van der Waals surface area contributed by atoms with Gasteiger partial charge >= 0.3 is 0 Å². The predicted molar refractivity (Wildman–Crippen MR) is 190 cm³/mol. The van der Waals surface area contributed by atoms with Gasteiger partial charge in [-0.2, -0.15) is 0 Å². The van der Waals surface area contributed by atoms with E-state index < -0.39 is 103 Å². The van der Waals surface area contributed by atoms with Gasteiger partial charge in [0.2, 0.25) is 47.3 Å². The summed E-state index contributed by atoms with van der Waals surface area (Å²) in [6.07, 6.45) is 0.346. The van der Waals surface area contributed by atoms with Gasteiger partial charge in [0, 0.05) is 30.1 Å². The van der Waals surface area contributed by atoms with Crippen molar-refractivity contribution in [2.75, 3.05) is 13.1 Å². The molecule has 2 aliphatic rings. The summed E-state index contributed by atoms with van der Waals surface area (Å²) in [7, 11) is 0. The van der Waals surface area contributed by atoms with E-state index in [1.165, 1.54) is 13.8 Å². The Morgan fingerprint density at radius 3 is 2.21 bits per heavy atom. The van der Waals surface area contributed by atoms with Crippen molar-refractivity contribution in [3.8, 4) is 0 Å². The number of fused-ring (bicyclic) bond motifs is 2. The average molecular weight is 740 g/mol. The summed E-state index contributed by atoms with van der Waals surface area (Å²) < 4.78 is 0. The van der Waals surface area contributed by atoms with Crippen LogP contribution in [-0.2, 0) is 44.8 Å². The van der Waals surface area contributed by atoms with Crippen LogP contribution in [0.2, 0.25) is 0 Å². The van der Waals surface area contributed by atoms with Crippen LogP contribution in [0.25, 0.3) is 10.9 Å². The summed E-state index contributed by atoms with van der Waals surface area (Å²) in [6, 6.07) is -0.518. The number of rotatable bonds is 7. The van der Waals surface area contributed by atoms with E-state index in [0.717, 1.165) is 15.8 Å². The fourth-order valence-corrected chi connectivity index (χ4v) is 6.45. The van der Waals surface area contributed by atoms with E-state index in [1.54, 1.807) is 6.20 Å². The molecular weight excluding hydrogens is 690 g/mol. The maximum absolute atomic E-state index is 13.9. The van der Waals surface area contributed by atoms with E-state index in [2.05, 4.69) is 36.9 Å². The highest BCUT2D eigenvalue weighted by molar-refractivity contribution is 5.99. The van der Waals surface area contributed by atoms with Crippen LogP contribution in [-0.4, -0.2) is 118 Å². The number of carbonyl (C=O) groups excluding carboxylic acids is 8. The lowest BCUT2D eigenvalue weighted by Crippen LogP contribution is -2.60. The van der Waals surface area contributed by atoms with Gasteiger partial charge in [-0.1, -0.05) is 32.0 Å². The maximum Gasteiger partial charge on any atom is 0.248 e. The molecule has 2 aliphatic heterocycles. The summed E-state index contributed by atoms with van der Waals surface area (Å²) in [6.45, 7) is 5.76. The molecule has 0 aliphatic carbocycles. The number of nitrogens with two attached hydrogens (primary N) is 1. The zero-order chi connectivity index (χ0) is 39.0. The smallest absolute Gasteiger partial charge is 0.248 e. The van der Waals surface area contributed by atoms with Crippen LogP contribution >= 0.6 is 0 Å². The van der Waals surface area contributed by atoms with Gasteiger partial charge in [-0.25, -0.2) is 0 Å². The number of aromatic amines is 1. The first-order valence-corrected chi connectivity index (χ1v) is 17.7. The third-order valence-electron chi connectivity index (χ3n) is 9.19. The summed E-state index contributed by atoms with van der Waals surface area (Å²) >= 11 is 0. The maximum atomic E-state index is 13.9. The number of hydrogen-bond donors (Lipinski definition) is 9. The summed E-state index contributed by atoms with van der Waals surface area (Å²) in [4.78, 5) is 111. The molecular formula is C35H49N9O9. The Hall–Kier alpha value is -5.52. The highest BCUT2D eigenvalue weighted by Gasteiger charge is 2.41. The largest absolute Gasteiger partial charge is 0.391 e. The van der Waals surface area contributed by atoms with E-state index in [4.69, 9.17) is 5.73 Å². The number of nitrogens with one attached hydrogen (secondary N) is 7. The predicted octanol–water partition coefficient (Wildman–Crippen LogP) is -2.42. The van der Waals surface area contributed by atoms with Crippen LogP contribution in [0.5, 0.6) is 0 Å². The molecule has 0 saturated carbocycles. The molecule has 1 aromatic heterocycles. The van der Waals surface area contributed by atoms with E-state index in [0.29, 0.717) is 12.0 Å². The molecule has 288 valence electrons. The van der Waals surface area contributed by atoms with Gasteiger partial charge < -0.3 is 52.6 Å². The molecule has 0 bridgehead atoms. The normalized spacial score (nSPS) is 26.4. The van der Waals surface area contributed by atoms with Crippen molar-refractivity contribution in [3.63, 3.8) is 0 Å². The van der Waals surface area contributed by atoms with Crippen LogP contribution in [0.4, 0.5) is 0 Å². The first-order valence-electron chi connectivity index (χ1n) is 17.7. The molecule has 0 unspecified atom stereocenters. The molecule has 0 spiro atoms. The van der Waals surface area contributed by atoms with Crippen LogP contribution in [0, 0.1) is 5.92 Å². The molecule has 18 nitrogen and oxygen atoms in total. The molecule has 1 aromatic carbocycles. The van der Waals surface area contributed by atoms with E-state index in [9.17, 15) is 43.5 Å². The molecule has 4 rings (SSSR count). The van der Waals surface area contributed by atoms with Gasteiger partial charge in [-0.05, 0) is 50.7 Å². The Bertz CT molecular complexity index is 1720. The van der Waals surface area contributed by atoms with Gasteiger partial charge in [-0.15, -0.1) is 0 Å². The number of hydrogen-bond acceptors (Lipinski definition) is 9. The van der Waals surface area contributed by atoms with Crippen molar-refractivity contribution in [2.45, 2.75) is 102 Å². The lowest BCUT2D eigenvalue weighted by molar-refractivity contribution is -0.144. The molecule has 0 radical (unpaired) electrons. The summed E-state index contributed by atoms with van der Waals surface area (Å²) in [5, 5.41) is 26.4. The monoisotopic (exact) mass is 739 g/mol. The number of H-pyrrole nitrogens is 1. The lowest BCUT2D eigenvalue weighted by atomic mass is 10.0. The first kappa shape index (κ1) is 40.3. The number of aromatic nitrogens is 1. The summed E-state index contributed by atoms with van der Waals surface area (Å²) in [5.41, 5.74) is 6.85. The van der Waals surface area contributed by atoms with Crippen LogP contribution in [0.3, 0.4) is 0 Å². The lowest BCUT2D eigenvalue weighted by Gasteiger charge is -2.31. The number of amides is 8. The second-order valence-corrected chi connectivity index (χ2v) is 14.0. The Labute approximate surface area is 306 Å². The highest BCUT2D eigenvalue weighted by Crippen LogP contribution is 2.21. The molecule has 7 atom stereocenters. The standard InChI is InChI=1S/C35H49N9O9/c1-17(2)12-23-31(49)38-16-28(47)43-29(19(4)45)35(53)44-11-7-10-26(44)34(52)42-25(14-27(36)46)32(50)39-18(3)30(48)40-24(33(51)41-23)13-20-15-37-22-9-6-5-8-21(20)22/h5-6,8-9,15,17-19,23-26,29,37,45H,7,10-14,16H2,1-4H3,(H2,36,46)(H,38,49)(H,39,50)(H,40,48)(H,41,51)(H,42,52)(H,43,47)/t18-,19+,23-,24-,25-,26-,29+/m0/s1. The fourth-order valence-electron chi connectivity index (χ4n) is 6.45. The number of nitrogens with zero attached hydrogens (tertiary/aromatic N) is 1. The van der Waals surface area contributed by atoms with Crippen molar-refractivity contribution in [1.82, 2.24) is 41.8 Å². The second-order valence-electron chi connectivity index (χ2n) is 14.0. The van der Waals surface area contributed by atoms with E-state index >= 15 is 0 Å².